The molecule has 2 unspecified atom stereocenters. The minimum Gasteiger partial charge on any atom is -0.391 e. The second-order valence-corrected chi connectivity index (χ2v) is 4.90. The second-order valence-electron chi connectivity index (χ2n) is 4.90. The first-order valence-electron chi connectivity index (χ1n) is 6.65. The Morgan fingerprint density at radius 1 is 1.05 bits per heavy atom. The topological polar surface area (TPSA) is 64.1 Å². The van der Waals surface area contributed by atoms with Crippen molar-refractivity contribution in [3.63, 3.8) is 0 Å². The van der Waals surface area contributed by atoms with Crippen LogP contribution >= 0.6 is 0 Å². The molecule has 2 atom stereocenters. The van der Waals surface area contributed by atoms with Crippen LogP contribution in [0.2, 0.25) is 0 Å². The molecule has 102 valence electrons. The quantitative estimate of drug-likeness (QED) is 0.766. The van der Waals surface area contributed by atoms with Gasteiger partial charge in [-0.2, -0.15) is 0 Å². The number of nitrogens with zero attached hydrogens (tertiary/aromatic N) is 2. The molecule has 4 nitrogen and oxygen atoms in total. The summed E-state index contributed by atoms with van der Waals surface area (Å²) < 4.78 is 2.01. The summed E-state index contributed by atoms with van der Waals surface area (Å²) in [5, 5.41) is 9.79. The normalized spacial score (nSPS) is 14.3. The minimum atomic E-state index is -0.658. The van der Waals surface area contributed by atoms with E-state index in [9.17, 15) is 5.11 Å². The van der Waals surface area contributed by atoms with E-state index in [1.165, 1.54) is 0 Å². The van der Waals surface area contributed by atoms with E-state index in [4.69, 9.17) is 5.73 Å². The predicted octanol–water partition coefficient (Wildman–Crippen LogP) is 2.41. The van der Waals surface area contributed by atoms with Crippen molar-refractivity contribution in [2.45, 2.75) is 19.1 Å². The SMILES string of the molecule is CC(O)C(N)c1nc2ccccc2n1-c1ccccc1. The highest BCUT2D eigenvalue weighted by molar-refractivity contribution is 5.78. The third-order valence-corrected chi connectivity index (χ3v) is 3.42. The molecule has 3 aromatic rings. The first-order chi connectivity index (χ1) is 9.68. The lowest BCUT2D eigenvalue weighted by Crippen LogP contribution is -2.26. The van der Waals surface area contributed by atoms with Gasteiger partial charge >= 0.3 is 0 Å². The van der Waals surface area contributed by atoms with E-state index in [0.717, 1.165) is 16.7 Å². The summed E-state index contributed by atoms with van der Waals surface area (Å²) in [6.45, 7) is 1.68. The van der Waals surface area contributed by atoms with Gasteiger partial charge in [0.25, 0.3) is 0 Å². The summed E-state index contributed by atoms with van der Waals surface area (Å²) in [5.74, 6) is 0.674. The average molecular weight is 267 g/mol. The molecule has 0 saturated heterocycles. The van der Waals surface area contributed by atoms with Crippen LogP contribution in [0, 0.1) is 0 Å². The van der Waals surface area contributed by atoms with E-state index in [-0.39, 0.29) is 0 Å². The number of para-hydroxylation sites is 3. The van der Waals surface area contributed by atoms with E-state index in [2.05, 4.69) is 4.98 Å². The summed E-state index contributed by atoms with van der Waals surface area (Å²) in [4.78, 5) is 4.59. The van der Waals surface area contributed by atoms with Crippen molar-refractivity contribution < 1.29 is 5.11 Å². The highest BCUT2D eigenvalue weighted by Gasteiger charge is 2.21. The third kappa shape index (κ3) is 2.09. The molecule has 0 aliphatic carbocycles. The zero-order chi connectivity index (χ0) is 14.1. The molecule has 2 aromatic carbocycles. The molecule has 0 spiro atoms. The van der Waals surface area contributed by atoms with Crippen molar-refractivity contribution in [2.75, 3.05) is 0 Å². The zero-order valence-electron chi connectivity index (χ0n) is 11.3. The van der Waals surface area contributed by atoms with Gasteiger partial charge in [0.1, 0.15) is 5.82 Å². The maximum absolute atomic E-state index is 9.79. The molecule has 1 aromatic heterocycles. The number of rotatable bonds is 3. The number of hydrogen-bond acceptors (Lipinski definition) is 3. The van der Waals surface area contributed by atoms with Crippen molar-refractivity contribution in [2.24, 2.45) is 5.73 Å². The van der Waals surface area contributed by atoms with E-state index in [0.29, 0.717) is 5.82 Å². The Hall–Kier alpha value is -2.17. The molecule has 0 bridgehead atoms. The number of benzene rings is 2. The molecule has 0 aliphatic rings. The van der Waals surface area contributed by atoms with Crippen LogP contribution < -0.4 is 5.73 Å². The Kier molecular flexibility index (Phi) is 3.26. The van der Waals surface area contributed by atoms with E-state index < -0.39 is 12.1 Å². The van der Waals surface area contributed by atoms with Crippen LogP contribution in [0.3, 0.4) is 0 Å². The molecular weight excluding hydrogens is 250 g/mol. The minimum absolute atomic E-state index is 0.525. The van der Waals surface area contributed by atoms with Gasteiger partial charge in [-0.15, -0.1) is 0 Å². The van der Waals surface area contributed by atoms with Crippen molar-refractivity contribution in [1.29, 1.82) is 0 Å². The van der Waals surface area contributed by atoms with Crippen molar-refractivity contribution >= 4 is 11.0 Å². The van der Waals surface area contributed by atoms with Crippen molar-refractivity contribution in [1.82, 2.24) is 9.55 Å². The molecule has 3 rings (SSSR count). The molecular formula is C16H17N3O. The Balaban J connectivity index is 2.29. The van der Waals surface area contributed by atoms with Gasteiger partial charge in [0.15, 0.2) is 0 Å². The van der Waals surface area contributed by atoms with Crippen LogP contribution in [-0.2, 0) is 0 Å². The van der Waals surface area contributed by atoms with E-state index >= 15 is 0 Å². The van der Waals surface area contributed by atoms with Gasteiger partial charge in [-0.05, 0) is 31.2 Å². The third-order valence-electron chi connectivity index (χ3n) is 3.42. The van der Waals surface area contributed by atoms with Gasteiger partial charge in [0.05, 0.1) is 23.2 Å². The fourth-order valence-corrected chi connectivity index (χ4v) is 2.33. The van der Waals surface area contributed by atoms with Gasteiger partial charge in [0, 0.05) is 5.69 Å². The van der Waals surface area contributed by atoms with Crippen LogP contribution in [-0.4, -0.2) is 20.8 Å². The maximum atomic E-state index is 9.79. The maximum Gasteiger partial charge on any atom is 0.134 e. The van der Waals surface area contributed by atoms with Crippen LogP contribution in [0.4, 0.5) is 0 Å². The smallest absolute Gasteiger partial charge is 0.134 e. The van der Waals surface area contributed by atoms with Crippen molar-refractivity contribution in [3.8, 4) is 5.69 Å². The molecule has 1 heterocycles. The molecule has 0 amide bonds. The molecule has 3 N–H and O–H groups in total. The summed E-state index contributed by atoms with van der Waals surface area (Å²) in [6, 6.07) is 17.3. The largest absolute Gasteiger partial charge is 0.391 e. The predicted molar refractivity (Wildman–Crippen MR) is 79.7 cm³/mol. The van der Waals surface area contributed by atoms with Gasteiger partial charge < -0.3 is 10.8 Å². The molecule has 20 heavy (non-hydrogen) atoms. The second kappa shape index (κ2) is 5.07. The monoisotopic (exact) mass is 267 g/mol. The van der Waals surface area contributed by atoms with E-state index in [1.54, 1.807) is 6.92 Å². The highest BCUT2D eigenvalue weighted by atomic mass is 16.3. The zero-order valence-corrected chi connectivity index (χ0v) is 11.3. The molecule has 4 heteroatoms. The summed E-state index contributed by atoms with van der Waals surface area (Å²) >= 11 is 0. The van der Waals surface area contributed by atoms with Gasteiger partial charge in [-0.3, -0.25) is 4.57 Å². The van der Waals surface area contributed by atoms with Gasteiger partial charge in [-0.1, -0.05) is 30.3 Å². The first-order valence-corrected chi connectivity index (χ1v) is 6.65. The fraction of sp³-hybridized carbons (Fsp3) is 0.188. The summed E-state index contributed by atoms with van der Waals surface area (Å²) in [6.07, 6.45) is -0.658. The Morgan fingerprint density at radius 3 is 2.40 bits per heavy atom. The lowest BCUT2D eigenvalue weighted by molar-refractivity contribution is 0.160. The number of aliphatic hydroxyl groups excluding tert-OH is 1. The number of aromatic nitrogens is 2. The van der Waals surface area contributed by atoms with Crippen LogP contribution in [0.25, 0.3) is 16.7 Å². The fourth-order valence-electron chi connectivity index (χ4n) is 2.33. The number of fused-ring (bicyclic) bond motifs is 1. The summed E-state index contributed by atoms with van der Waals surface area (Å²) in [7, 11) is 0. The Bertz CT molecular complexity index is 719. The number of nitrogens with two attached hydrogens (primary N) is 1. The first kappa shape index (κ1) is 12.8. The Morgan fingerprint density at radius 2 is 1.70 bits per heavy atom. The Labute approximate surface area is 117 Å². The molecule has 0 fully saturated rings. The number of imidazole rings is 1. The van der Waals surface area contributed by atoms with Crippen LogP contribution in [0.1, 0.15) is 18.8 Å². The molecule has 0 radical (unpaired) electrons. The molecule has 0 aliphatic heterocycles. The number of hydrogen-bond donors (Lipinski definition) is 2. The summed E-state index contributed by atoms with van der Waals surface area (Å²) in [5.41, 5.74) is 8.97. The van der Waals surface area contributed by atoms with Gasteiger partial charge in [0.2, 0.25) is 0 Å². The van der Waals surface area contributed by atoms with Crippen LogP contribution in [0.5, 0.6) is 0 Å². The standard InChI is InChI=1S/C16H17N3O/c1-11(20)15(17)16-18-13-9-5-6-10-14(13)19(16)12-7-3-2-4-8-12/h2-11,15,20H,17H2,1H3. The van der Waals surface area contributed by atoms with E-state index in [1.807, 2.05) is 59.2 Å². The lowest BCUT2D eigenvalue weighted by atomic mass is 10.2. The average Bonchev–Trinajstić information content (AvgIpc) is 2.86. The van der Waals surface area contributed by atoms with Gasteiger partial charge in [-0.25, -0.2) is 4.98 Å². The number of aliphatic hydroxyl groups is 1. The lowest BCUT2D eigenvalue weighted by Gasteiger charge is -2.17. The van der Waals surface area contributed by atoms with Crippen LogP contribution in [0.15, 0.2) is 54.6 Å². The van der Waals surface area contributed by atoms with Crippen molar-refractivity contribution in [3.05, 3.63) is 60.4 Å². The highest BCUT2D eigenvalue weighted by Crippen LogP contribution is 2.25. The molecule has 0 saturated carbocycles.